The van der Waals surface area contributed by atoms with Crippen LogP contribution < -0.4 is 0 Å². The summed E-state index contributed by atoms with van der Waals surface area (Å²) in [5, 5.41) is -5.61. The second-order valence-corrected chi connectivity index (χ2v) is 4.02. The van der Waals surface area contributed by atoms with Gasteiger partial charge < -0.3 is 0 Å². The van der Waals surface area contributed by atoms with Gasteiger partial charge in [0.25, 0.3) is 0 Å². The first-order valence-corrected chi connectivity index (χ1v) is 5.02. The molecular weight excluding hydrogens is 305 g/mol. The van der Waals surface area contributed by atoms with Crippen LogP contribution in [0.4, 0.5) is 26.3 Å². The molecular formula is C10Cl2F6. The fourth-order valence-corrected chi connectivity index (χ4v) is 1.81. The van der Waals surface area contributed by atoms with E-state index in [1.807, 2.05) is 0 Å². The van der Waals surface area contributed by atoms with Crippen LogP contribution in [0.5, 0.6) is 0 Å². The van der Waals surface area contributed by atoms with Gasteiger partial charge in [-0.15, -0.1) is 0 Å². The predicted octanol–water partition coefficient (Wildman–Crippen LogP) is 4.98. The number of benzene rings is 2. The monoisotopic (exact) mass is 304 g/mol. The van der Waals surface area contributed by atoms with E-state index >= 15 is 0 Å². The van der Waals surface area contributed by atoms with Crippen molar-refractivity contribution in [3.63, 3.8) is 0 Å². The molecule has 0 heterocycles. The largest absolute Gasteiger partial charge is 0.204 e. The number of rotatable bonds is 0. The van der Waals surface area contributed by atoms with Crippen molar-refractivity contribution in [1.82, 2.24) is 0 Å². The zero-order chi connectivity index (χ0) is 13.8. The van der Waals surface area contributed by atoms with Gasteiger partial charge in [-0.2, -0.15) is 0 Å². The molecule has 0 aliphatic heterocycles. The summed E-state index contributed by atoms with van der Waals surface area (Å²) in [6, 6.07) is 0. The fourth-order valence-electron chi connectivity index (χ4n) is 1.46. The zero-order valence-electron chi connectivity index (χ0n) is 8.02. The average Bonchev–Trinajstić information content (AvgIpc) is 2.35. The highest BCUT2D eigenvalue weighted by Crippen LogP contribution is 2.37. The highest BCUT2D eigenvalue weighted by molar-refractivity contribution is 6.33. The van der Waals surface area contributed by atoms with Crippen LogP contribution >= 0.6 is 23.2 Å². The molecule has 0 radical (unpaired) electrons. The van der Waals surface area contributed by atoms with Gasteiger partial charge in [0.2, 0.25) is 0 Å². The van der Waals surface area contributed by atoms with Crippen LogP contribution in [-0.4, -0.2) is 0 Å². The van der Waals surface area contributed by atoms with Gasteiger partial charge in [-0.25, -0.2) is 26.3 Å². The van der Waals surface area contributed by atoms with E-state index < -0.39 is 55.7 Å². The fraction of sp³-hybridized carbons (Fsp3) is 0. The summed E-state index contributed by atoms with van der Waals surface area (Å²) < 4.78 is 79.8. The van der Waals surface area contributed by atoms with Gasteiger partial charge in [0, 0.05) is 0 Å². The molecule has 0 saturated heterocycles. The Balaban J connectivity index is 3.22. The second-order valence-electron chi connectivity index (χ2n) is 3.26. The Kier molecular flexibility index (Phi) is 3.11. The Morgan fingerprint density at radius 3 is 1.06 bits per heavy atom. The molecule has 0 aliphatic rings. The lowest BCUT2D eigenvalue weighted by molar-refractivity contribution is 0.479. The van der Waals surface area contributed by atoms with Crippen molar-refractivity contribution in [2.24, 2.45) is 0 Å². The quantitative estimate of drug-likeness (QED) is 0.366. The molecule has 0 unspecified atom stereocenters. The molecule has 0 N–H and O–H groups in total. The summed E-state index contributed by atoms with van der Waals surface area (Å²) in [5.41, 5.74) is 0. The molecule has 0 atom stereocenters. The summed E-state index contributed by atoms with van der Waals surface area (Å²) in [4.78, 5) is 0. The zero-order valence-corrected chi connectivity index (χ0v) is 9.54. The smallest absolute Gasteiger partial charge is 0.181 e. The van der Waals surface area contributed by atoms with Gasteiger partial charge in [0.1, 0.15) is 10.0 Å². The SMILES string of the molecule is Fc1c(Cl)c(F)c2c(F)c(Cl)c(F)c(F)c2c1F. The van der Waals surface area contributed by atoms with Gasteiger partial charge in [-0.3, -0.25) is 0 Å². The van der Waals surface area contributed by atoms with E-state index in [9.17, 15) is 26.3 Å². The second kappa shape index (κ2) is 4.20. The first-order chi connectivity index (χ1) is 8.29. The lowest BCUT2D eigenvalue weighted by Gasteiger charge is -2.09. The molecule has 0 amide bonds. The Labute approximate surface area is 106 Å². The normalized spacial score (nSPS) is 11.3. The lowest BCUT2D eigenvalue weighted by atomic mass is 10.1. The Bertz CT molecular complexity index is 569. The third-order valence-corrected chi connectivity index (χ3v) is 2.95. The van der Waals surface area contributed by atoms with E-state index in [1.54, 1.807) is 0 Å². The Hall–Kier alpha value is -1.14. The van der Waals surface area contributed by atoms with Gasteiger partial charge in [0.15, 0.2) is 34.9 Å². The summed E-state index contributed by atoms with van der Waals surface area (Å²) in [5.74, 6) is -11.4. The van der Waals surface area contributed by atoms with Crippen molar-refractivity contribution in [3.05, 3.63) is 44.9 Å². The molecule has 2 aromatic carbocycles. The third kappa shape index (κ3) is 1.55. The van der Waals surface area contributed by atoms with Crippen LogP contribution in [0.3, 0.4) is 0 Å². The van der Waals surface area contributed by atoms with Crippen LogP contribution in [0.15, 0.2) is 0 Å². The minimum atomic E-state index is -2.00. The van der Waals surface area contributed by atoms with Crippen LogP contribution in [0.2, 0.25) is 10.0 Å². The lowest BCUT2D eigenvalue weighted by Crippen LogP contribution is -2.02. The van der Waals surface area contributed by atoms with Gasteiger partial charge in [-0.05, 0) is 0 Å². The molecule has 0 aliphatic carbocycles. The number of hydrogen-bond donors (Lipinski definition) is 0. The predicted molar refractivity (Wildman–Crippen MR) is 53.7 cm³/mol. The minimum absolute atomic E-state index is 1.34. The molecule has 0 spiro atoms. The van der Waals surface area contributed by atoms with Crippen molar-refractivity contribution in [2.75, 3.05) is 0 Å². The third-order valence-electron chi connectivity index (χ3n) is 2.28. The molecule has 18 heavy (non-hydrogen) atoms. The van der Waals surface area contributed by atoms with E-state index in [0.29, 0.717) is 0 Å². The highest BCUT2D eigenvalue weighted by atomic mass is 35.5. The van der Waals surface area contributed by atoms with Crippen molar-refractivity contribution in [1.29, 1.82) is 0 Å². The van der Waals surface area contributed by atoms with Crippen LogP contribution in [-0.2, 0) is 0 Å². The van der Waals surface area contributed by atoms with Crippen LogP contribution in [0.1, 0.15) is 0 Å². The molecule has 96 valence electrons. The first kappa shape index (κ1) is 13.3. The summed E-state index contributed by atoms with van der Waals surface area (Å²) in [6.45, 7) is 0. The van der Waals surface area contributed by atoms with Gasteiger partial charge >= 0.3 is 0 Å². The van der Waals surface area contributed by atoms with E-state index in [1.165, 1.54) is 0 Å². The van der Waals surface area contributed by atoms with E-state index in [-0.39, 0.29) is 0 Å². The molecule has 0 aromatic heterocycles. The number of fused-ring (bicyclic) bond motifs is 1. The van der Waals surface area contributed by atoms with E-state index in [2.05, 4.69) is 0 Å². The van der Waals surface area contributed by atoms with Crippen LogP contribution in [0.25, 0.3) is 10.8 Å². The number of hydrogen-bond acceptors (Lipinski definition) is 0. The maximum absolute atomic E-state index is 13.5. The maximum Gasteiger partial charge on any atom is 0.181 e. The van der Waals surface area contributed by atoms with E-state index in [0.717, 1.165) is 0 Å². The van der Waals surface area contributed by atoms with Crippen molar-refractivity contribution >= 4 is 34.0 Å². The average molecular weight is 305 g/mol. The molecule has 0 fully saturated rings. The molecule has 0 nitrogen and oxygen atoms in total. The standard InChI is InChI=1S/C10Cl2F6/c11-3-5(13)1-2(7(15)9(3)17)8(16)10(18)4(12)6(1)14. The minimum Gasteiger partial charge on any atom is -0.204 e. The van der Waals surface area contributed by atoms with E-state index in [4.69, 9.17) is 23.2 Å². The number of halogens is 8. The maximum atomic E-state index is 13.5. The molecule has 0 saturated carbocycles. The van der Waals surface area contributed by atoms with Crippen molar-refractivity contribution < 1.29 is 26.3 Å². The molecule has 0 bridgehead atoms. The molecule has 2 aromatic rings. The van der Waals surface area contributed by atoms with Gasteiger partial charge in [-0.1, -0.05) is 23.2 Å². The van der Waals surface area contributed by atoms with Crippen molar-refractivity contribution in [3.8, 4) is 0 Å². The van der Waals surface area contributed by atoms with Gasteiger partial charge in [0.05, 0.1) is 10.8 Å². The summed E-state index contributed by atoms with van der Waals surface area (Å²) >= 11 is 10.1. The Morgan fingerprint density at radius 2 is 0.722 bits per heavy atom. The first-order valence-electron chi connectivity index (χ1n) is 4.26. The summed E-state index contributed by atoms with van der Waals surface area (Å²) in [7, 11) is 0. The highest BCUT2D eigenvalue weighted by Gasteiger charge is 2.28. The topological polar surface area (TPSA) is 0 Å². The van der Waals surface area contributed by atoms with Crippen molar-refractivity contribution in [2.45, 2.75) is 0 Å². The molecule has 8 heteroatoms. The summed E-state index contributed by atoms with van der Waals surface area (Å²) in [6.07, 6.45) is 0. The molecule has 2 rings (SSSR count). The Morgan fingerprint density at radius 1 is 0.444 bits per heavy atom. The van der Waals surface area contributed by atoms with Crippen LogP contribution in [0, 0.1) is 34.9 Å².